The highest BCUT2D eigenvalue weighted by Crippen LogP contribution is 2.63. The third-order valence-corrected chi connectivity index (χ3v) is 36.4. The Morgan fingerprint density at radius 2 is 0.447 bits per heavy atom. The van der Waals surface area contributed by atoms with Gasteiger partial charge < -0.3 is 53.8 Å². The molecule has 12 aromatic rings. The summed E-state index contributed by atoms with van der Waals surface area (Å²) in [6.07, 6.45) is -0.851. The normalized spacial score (nSPS) is 19.8. The Morgan fingerprint density at radius 3 is 0.607 bits per heavy atom. The fraction of sp³-hybridized carbons (Fsp3) is 0.358. The van der Waals surface area contributed by atoms with Crippen molar-refractivity contribution >= 4 is 85.4 Å². The molecule has 8 bridgehead atoms. The van der Waals surface area contributed by atoms with Crippen molar-refractivity contribution in [3.8, 4) is 0 Å². The van der Waals surface area contributed by atoms with Gasteiger partial charge in [0.05, 0.1) is 77.7 Å². The topological polar surface area (TPSA) is 239 Å². The number of ether oxygens (including phenoxy) is 3. The molecule has 0 saturated heterocycles. The summed E-state index contributed by atoms with van der Waals surface area (Å²) in [5, 5.41) is 42.2. The third kappa shape index (κ3) is 31.7. The average Bonchev–Trinajstić information content (AvgIpc) is 0.733. The lowest BCUT2D eigenvalue weighted by Crippen LogP contribution is -2.61. The van der Waals surface area contributed by atoms with Gasteiger partial charge >= 0.3 is 36.4 Å². The maximum absolute atomic E-state index is 13.0. The Labute approximate surface area is 886 Å². The van der Waals surface area contributed by atoms with Crippen molar-refractivity contribution in [1.82, 2.24) is 0 Å². The number of carbonyl (C=O) groups is 7. The van der Waals surface area contributed by atoms with Crippen LogP contribution in [0.2, 0.25) is 0 Å². The number of halogens is 9. The summed E-state index contributed by atoms with van der Waals surface area (Å²) in [6, 6.07) is 127. The van der Waals surface area contributed by atoms with E-state index in [0.29, 0.717) is 87.9 Å². The van der Waals surface area contributed by atoms with Crippen LogP contribution < -0.4 is 20.4 Å². The van der Waals surface area contributed by atoms with Crippen molar-refractivity contribution in [3.63, 3.8) is 0 Å². The Bertz CT molecular complexity index is 5480. The molecule has 20 rings (SSSR count). The van der Waals surface area contributed by atoms with E-state index in [0.717, 1.165) is 57.8 Å². The zero-order valence-electron chi connectivity index (χ0n) is 86.0. The molecule has 0 radical (unpaired) electrons. The molecule has 8 aliphatic carbocycles. The Balaban J connectivity index is 0.000000164. The van der Waals surface area contributed by atoms with Crippen LogP contribution in [0.15, 0.2) is 417 Å². The first-order chi connectivity index (χ1) is 71.1. The van der Waals surface area contributed by atoms with Crippen LogP contribution in [0.1, 0.15) is 190 Å². The first kappa shape index (κ1) is 118. The Morgan fingerprint density at radius 1 is 0.267 bits per heavy atom. The van der Waals surface area contributed by atoms with Crippen LogP contribution in [0, 0.1) is 51.8 Å². The van der Waals surface area contributed by atoms with Crippen molar-refractivity contribution in [2.45, 2.75) is 284 Å². The predicted molar refractivity (Wildman–Crippen MR) is 560 cm³/mol. The quantitative estimate of drug-likeness (QED) is 0.0161. The van der Waals surface area contributed by atoms with E-state index < -0.39 is 93.4 Å². The number of hydrogen-bond acceptors (Lipinski definition) is 14. The molecule has 12 aromatic carbocycles. The minimum atomic E-state index is -5.23. The summed E-state index contributed by atoms with van der Waals surface area (Å²) in [4.78, 5) is 94.7. The van der Waals surface area contributed by atoms with Gasteiger partial charge in [-0.1, -0.05) is 266 Å². The number of benzene rings is 12. The van der Waals surface area contributed by atoms with Gasteiger partial charge in [0.1, 0.15) is 0 Å². The maximum atomic E-state index is 13.0. The van der Waals surface area contributed by atoms with Crippen molar-refractivity contribution in [2.75, 3.05) is 0 Å². The predicted octanol–water partition coefficient (Wildman–Crippen LogP) is 25.8. The second kappa shape index (κ2) is 53.1. The van der Waals surface area contributed by atoms with Crippen LogP contribution in [0.25, 0.3) is 0 Å². The number of hydrogen-bond donors (Lipinski definition) is 0. The third-order valence-electron chi connectivity index (χ3n) is 27.4. The standard InChI is InChI=1S/C22H23S.3C18H15S.2C15H19F3O4.C9H13F3O4.C8H16O2/c1-22(2,3)18-14-16-21(17-15-18)23(19-10-6-4-7-11-19)20-12-8-5-9-13-20;3*1-4-10-16(11-5-1)19(17-12-6-2-7-13-17)18-14-8-3-9-15-18;2*1-13(11(19)20,15(16,17)18)22-12(21)14-5-8-2-9(6-14)4-10(3-8)7-14;1-7(2,3)6(15)16-8(4,5(13)14)9(10,11)12;1-2-3-4-5-6-7-8(9)10/h4-17H,1-3H3;3*1-15H;2*8-10H,2-7H2,1H3,(H,19,20);1-4H3,(H,13,14);2-7H2,1H3,(H,9,10)/q4*+1;;;;/p-4. The molecule has 150 heavy (non-hydrogen) atoms. The molecule has 8 saturated carbocycles. The lowest BCUT2D eigenvalue weighted by Gasteiger charge is -2.55. The van der Waals surface area contributed by atoms with Crippen molar-refractivity contribution < 1.29 is 108 Å². The van der Waals surface area contributed by atoms with E-state index in [4.69, 9.17) is 0 Å². The van der Waals surface area contributed by atoms with Gasteiger partial charge in [-0.2, -0.15) is 39.5 Å². The average molecular weight is 2130 g/mol. The molecule has 0 aromatic heterocycles. The smallest absolute Gasteiger partial charge is 0.433 e. The molecular weight excluding hydrogens is 2000 g/mol. The van der Waals surface area contributed by atoms with E-state index >= 15 is 0 Å². The van der Waals surface area contributed by atoms with Gasteiger partial charge in [-0.05, 0) is 324 Å². The second-order valence-electron chi connectivity index (χ2n) is 41.2. The number of unbranched alkanes of at least 4 members (excludes halogenated alkanes) is 4. The van der Waals surface area contributed by atoms with Crippen LogP contribution in [0.5, 0.6) is 0 Å². The number of carboxylic acids is 4. The van der Waals surface area contributed by atoms with E-state index in [1.807, 2.05) is 0 Å². The minimum absolute atomic E-state index is 0.0146. The number of esters is 3. The summed E-state index contributed by atoms with van der Waals surface area (Å²) in [5.41, 5.74) is -12.3. The van der Waals surface area contributed by atoms with Crippen LogP contribution in [0.4, 0.5) is 39.5 Å². The molecule has 3 atom stereocenters. The zero-order valence-corrected chi connectivity index (χ0v) is 89.3. The van der Waals surface area contributed by atoms with Crippen molar-refractivity contribution in [2.24, 2.45) is 51.8 Å². The van der Waals surface area contributed by atoms with E-state index in [1.54, 1.807) is 0 Å². The number of carbonyl (C=O) groups excluding carboxylic acids is 7. The highest BCUT2D eigenvalue weighted by Gasteiger charge is 2.64. The van der Waals surface area contributed by atoms with Crippen LogP contribution in [-0.4, -0.2) is 77.1 Å². The fourth-order valence-electron chi connectivity index (χ4n) is 20.0. The molecule has 0 amide bonds. The summed E-state index contributed by atoms with van der Waals surface area (Å²) in [5.74, 6) is -9.51. The number of aliphatic carboxylic acids is 4. The summed E-state index contributed by atoms with van der Waals surface area (Å²) < 4.78 is 128. The van der Waals surface area contributed by atoms with E-state index in [-0.39, 0.29) is 62.3 Å². The minimum Gasteiger partial charge on any atom is -0.550 e. The van der Waals surface area contributed by atoms with Gasteiger partial charge in [0.2, 0.25) is 16.8 Å². The molecule has 0 N–H and O–H groups in total. The molecule has 0 spiro atoms. The van der Waals surface area contributed by atoms with Gasteiger partial charge in [0, 0.05) is 5.97 Å². The van der Waals surface area contributed by atoms with Gasteiger partial charge in [-0.25, -0.2) is 0 Å². The summed E-state index contributed by atoms with van der Waals surface area (Å²) in [6.45, 7) is 13.8. The summed E-state index contributed by atoms with van der Waals surface area (Å²) in [7, 11) is -0.0936. The molecule has 0 aliphatic heterocycles. The SMILES string of the molecule is CC(C)(C)C(=O)OC(C)(C(=O)[O-])C(F)(F)F.CC(C)(C)c1ccc([S+](c2ccccc2)c2ccccc2)cc1.CC(OC(=O)C12CC3CC(CC(C3)C1)C2)(C(=O)[O-])C(F)(F)F.CC(OC(=O)C12CC3CC(CC(C3)C1)C2)(C(=O)[O-])C(F)(F)F.CCCCCCCC(=O)[O-].c1ccc([S+](c2ccccc2)c2ccccc2)cc1.c1ccc([S+](c2ccccc2)c2ccccc2)cc1.c1ccc([S+](c2ccccc2)c2ccccc2)cc1. The Kier molecular flexibility index (Phi) is 41.8. The number of carboxylic acid groups (broad SMARTS) is 4. The monoisotopic (exact) mass is 2130 g/mol. The lowest BCUT2D eigenvalue weighted by atomic mass is 9.49. The molecule has 8 aliphatic rings. The largest absolute Gasteiger partial charge is 0.550 e. The molecule has 3 unspecified atom stereocenters. The molecule has 27 heteroatoms. The van der Waals surface area contributed by atoms with Gasteiger partial charge in [-0.15, -0.1) is 0 Å². The first-order valence-corrected chi connectivity index (χ1v) is 55.4. The molecular formula is C123H131F9O14S4. The van der Waals surface area contributed by atoms with Gasteiger partial charge in [0.15, 0.2) is 58.7 Å². The number of alkyl halides is 9. The second-order valence-corrected chi connectivity index (χ2v) is 49.4. The van der Waals surface area contributed by atoms with Crippen LogP contribution >= 0.6 is 0 Å². The van der Waals surface area contributed by atoms with E-state index in [1.165, 1.54) is 97.9 Å². The molecule has 14 nitrogen and oxygen atoms in total. The zero-order chi connectivity index (χ0) is 109. The molecule has 0 heterocycles. The van der Waals surface area contributed by atoms with Crippen LogP contribution in [-0.2, 0) is 96.8 Å². The highest BCUT2D eigenvalue weighted by atomic mass is 32.2. The van der Waals surface area contributed by atoms with Gasteiger partial charge in [0.25, 0.3) is 0 Å². The number of rotatable bonds is 26. The van der Waals surface area contributed by atoms with Crippen molar-refractivity contribution in [1.29, 1.82) is 0 Å². The first-order valence-electron chi connectivity index (χ1n) is 50.5. The summed E-state index contributed by atoms with van der Waals surface area (Å²) >= 11 is 0. The highest BCUT2D eigenvalue weighted by molar-refractivity contribution is 7.98. The lowest BCUT2D eigenvalue weighted by molar-refractivity contribution is -0.354. The van der Waals surface area contributed by atoms with Crippen molar-refractivity contribution in [3.05, 3.63) is 363 Å². The van der Waals surface area contributed by atoms with E-state index in [9.17, 15) is 93.5 Å². The molecule has 8 fully saturated rings. The van der Waals surface area contributed by atoms with E-state index in [2.05, 4.69) is 400 Å². The van der Waals surface area contributed by atoms with Gasteiger partial charge in [-0.3, -0.25) is 14.4 Å². The van der Waals surface area contributed by atoms with Crippen LogP contribution in [0.3, 0.4) is 0 Å². The maximum Gasteiger partial charge on any atom is 0.433 e. The Hall–Kier alpha value is -12.3. The fourth-order valence-corrected chi connectivity index (χ4v) is 28.4. The molecule has 794 valence electrons.